The Hall–Kier alpha value is -1.20. The quantitative estimate of drug-likeness (QED) is 0.830. The predicted molar refractivity (Wildman–Crippen MR) is 80.9 cm³/mol. The molecule has 1 aliphatic heterocycles. The lowest BCUT2D eigenvalue weighted by Gasteiger charge is -2.23. The summed E-state index contributed by atoms with van der Waals surface area (Å²) >= 11 is 5.20. The SMILES string of the molecule is CCN1CCC[C@H]1CNC(=S)Nc1ccccc1F. The number of likely N-dealkylation sites (N-methyl/N-ethyl adjacent to an activating group) is 1. The third-order valence-electron chi connectivity index (χ3n) is 3.53. The number of likely N-dealkylation sites (tertiary alicyclic amines) is 1. The van der Waals surface area contributed by atoms with Gasteiger partial charge in [0.1, 0.15) is 5.82 Å². The van der Waals surface area contributed by atoms with Crippen molar-refractivity contribution in [1.29, 1.82) is 0 Å². The predicted octanol–water partition coefficient (Wildman–Crippen LogP) is 2.60. The van der Waals surface area contributed by atoms with Crippen LogP contribution in [0.4, 0.5) is 10.1 Å². The van der Waals surface area contributed by atoms with Crippen LogP contribution in [-0.4, -0.2) is 35.7 Å². The first-order valence-corrected chi connectivity index (χ1v) is 7.15. The molecule has 3 nitrogen and oxygen atoms in total. The first-order valence-electron chi connectivity index (χ1n) is 6.74. The molecule has 19 heavy (non-hydrogen) atoms. The zero-order valence-corrected chi connectivity index (χ0v) is 12.0. The van der Waals surface area contributed by atoms with Crippen molar-refractivity contribution in [3.05, 3.63) is 30.1 Å². The lowest BCUT2D eigenvalue weighted by Crippen LogP contribution is -2.41. The molecule has 2 N–H and O–H groups in total. The summed E-state index contributed by atoms with van der Waals surface area (Å²) in [7, 11) is 0. The second kappa shape index (κ2) is 6.82. The van der Waals surface area contributed by atoms with Crippen LogP contribution in [0.3, 0.4) is 0 Å². The summed E-state index contributed by atoms with van der Waals surface area (Å²) in [5, 5.41) is 6.55. The largest absolute Gasteiger partial charge is 0.361 e. The van der Waals surface area contributed by atoms with Crippen molar-refractivity contribution in [2.24, 2.45) is 0 Å². The van der Waals surface area contributed by atoms with Crippen molar-refractivity contribution in [3.8, 4) is 0 Å². The zero-order valence-electron chi connectivity index (χ0n) is 11.2. The fourth-order valence-corrected chi connectivity index (χ4v) is 2.68. The summed E-state index contributed by atoms with van der Waals surface area (Å²) in [5.74, 6) is -0.289. The van der Waals surface area contributed by atoms with E-state index in [0.717, 1.165) is 19.6 Å². The van der Waals surface area contributed by atoms with Crippen molar-refractivity contribution in [2.75, 3.05) is 25.0 Å². The molecule has 1 atom stereocenters. The first kappa shape index (κ1) is 14.2. The second-order valence-corrected chi connectivity index (χ2v) is 5.15. The normalized spacial score (nSPS) is 19.4. The molecular formula is C14H20FN3S. The van der Waals surface area contributed by atoms with Crippen LogP contribution in [0.15, 0.2) is 24.3 Å². The Morgan fingerprint density at radius 2 is 2.26 bits per heavy atom. The molecule has 5 heteroatoms. The number of benzene rings is 1. The maximum absolute atomic E-state index is 13.4. The van der Waals surface area contributed by atoms with Crippen molar-refractivity contribution >= 4 is 23.0 Å². The summed E-state index contributed by atoms with van der Waals surface area (Å²) in [4.78, 5) is 2.44. The van der Waals surface area contributed by atoms with Crippen LogP contribution in [0.1, 0.15) is 19.8 Å². The molecule has 1 saturated heterocycles. The van der Waals surface area contributed by atoms with E-state index in [4.69, 9.17) is 12.2 Å². The second-order valence-electron chi connectivity index (χ2n) is 4.74. The van der Waals surface area contributed by atoms with Gasteiger partial charge in [0.2, 0.25) is 0 Å². The highest BCUT2D eigenvalue weighted by Gasteiger charge is 2.22. The highest BCUT2D eigenvalue weighted by molar-refractivity contribution is 7.80. The van der Waals surface area contributed by atoms with Gasteiger partial charge < -0.3 is 10.6 Å². The maximum Gasteiger partial charge on any atom is 0.170 e. The molecule has 0 saturated carbocycles. The Balaban J connectivity index is 1.80. The van der Waals surface area contributed by atoms with Gasteiger partial charge in [-0.05, 0) is 50.3 Å². The van der Waals surface area contributed by atoms with E-state index in [-0.39, 0.29) is 5.82 Å². The Bertz CT molecular complexity index is 438. The minimum Gasteiger partial charge on any atom is -0.361 e. The summed E-state index contributed by atoms with van der Waals surface area (Å²) < 4.78 is 13.4. The van der Waals surface area contributed by atoms with Crippen molar-refractivity contribution in [1.82, 2.24) is 10.2 Å². The third-order valence-corrected chi connectivity index (χ3v) is 3.77. The highest BCUT2D eigenvalue weighted by atomic mass is 32.1. The van der Waals surface area contributed by atoms with Crippen LogP contribution in [0.2, 0.25) is 0 Å². The molecule has 2 rings (SSSR count). The van der Waals surface area contributed by atoms with E-state index in [1.54, 1.807) is 18.2 Å². The van der Waals surface area contributed by atoms with Gasteiger partial charge in [-0.2, -0.15) is 0 Å². The van der Waals surface area contributed by atoms with Crippen LogP contribution < -0.4 is 10.6 Å². The number of hydrogen-bond acceptors (Lipinski definition) is 2. The van der Waals surface area contributed by atoms with Crippen LogP contribution in [0.25, 0.3) is 0 Å². The van der Waals surface area contributed by atoms with E-state index in [2.05, 4.69) is 22.5 Å². The molecule has 0 spiro atoms. The highest BCUT2D eigenvalue weighted by Crippen LogP contribution is 2.16. The van der Waals surface area contributed by atoms with Gasteiger partial charge in [0, 0.05) is 12.6 Å². The van der Waals surface area contributed by atoms with Gasteiger partial charge in [0.15, 0.2) is 5.11 Å². The van der Waals surface area contributed by atoms with Crippen LogP contribution in [0.5, 0.6) is 0 Å². The van der Waals surface area contributed by atoms with Crippen molar-refractivity contribution in [2.45, 2.75) is 25.8 Å². The molecule has 104 valence electrons. The molecular weight excluding hydrogens is 261 g/mol. The van der Waals surface area contributed by atoms with Gasteiger partial charge >= 0.3 is 0 Å². The van der Waals surface area contributed by atoms with E-state index in [9.17, 15) is 4.39 Å². The molecule has 1 fully saturated rings. The lowest BCUT2D eigenvalue weighted by molar-refractivity contribution is 0.267. The van der Waals surface area contributed by atoms with Crippen molar-refractivity contribution in [3.63, 3.8) is 0 Å². The average Bonchev–Trinajstić information content (AvgIpc) is 2.86. The number of rotatable bonds is 4. The van der Waals surface area contributed by atoms with E-state index in [0.29, 0.717) is 16.8 Å². The summed E-state index contributed by atoms with van der Waals surface area (Å²) in [6.07, 6.45) is 2.44. The monoisotopic (exact) mass is 281 g/mol. The molecule has 1 aromatic rings. The Morgan fingerprint density at radius 1 is 1.47 bits per heavy atom. The van der Waals surface area contributed by atoms with Crippen LogP contribution in [-0.2, 0) is 0 Å². The fraction of sp³-hybridized carbons (Fsp3) is 0.500. The number of halogens is 1. The Labute approximate surface area is 119 Å². The summed E-state index contributed by atoms with van der Waals surface area (Å²) in [5.41, 5.74) is 0.416. The molecule has 0 aromatic heterocycles. The number of para-hydroxylation sites is 1. The number of nitrogens with one attached hydrogen (secondary N) is 2. The van der Waals surface area contributed by atoms with E-state index >= 15 is 0 Å². The number of nitrogens with zero attached hydrogens (tertiary/aromatic N) is 1. The van der Waals surface area contributed by atoms with Gasteiger partial charge in [-0.3, -0.25) is 4.90 Å². The summed E-state index contributed by atoms with van der Waals surface area (Å²) in [6, 6.07) is 7.07. The molecule has 0 aliphatic carbocycles. The first-order chi connectivity index (χ1) is 9.20. The standard InChI is InChI=1S/C14H20FN3S/c1-2-18-9-5-6-11(18)10-16-14(19)17-13-8-4-3-7-12(13)15/h3-4,7-8,11H,2,5-6,9-10H2,1H3,(H2,16,17,19)/t11-/m0/s1. The molecule has 1 heterocycles. The Kier molecular flexibility index (Phi) is 5.10. The average molecular weight is 281 g/mol. The lowest BCUT2D eigenvalue weighted by atomic mass is 10.2. The molecule has 0 amide bonds. The van der Waals surface area contributed by atoms with E-state index in [1.165, 1.54) is 18.9 Å². The molecule has 1 aliphatic rings. The smallest absolute Gasteiger partial charge is 0.170 e. The molecule has 0 bridgehead atoms. The maximum atomic E-state index is 13.4. The van der Waals surface area contributed by atoms with Gasteiger partial charge in [0.05, 0.1) is 5.69 Å². The van der Waals surface area contributed by atoms with Crippen LogP contribution in [0, 0.1) is 5.82 Å². The third kappa shape index (κ3) is 3.88. The van der Waals surface area contributed by atoms with E-state index < -0.39 is 0 Å². The van der Waals surface area contributed by atoms with E-state index in [1.807, 2.05) is 0 Å². The number of anilines is 1. The minimum atomic E-state index is -0.289. The van der Waals surface area contributed by atoms with Crippen LogP contribution >= 0.6 is 12.2 Å². The molecule has 0 radical (unpaired) electrons. The van der Waals surface area contributed by atoms with Gasteiger partial charge in [-0.15, -0.1) is 0 Å². The number of hydrogen-bond donors (Lipinski definition) is 2. The Morgan fingerprint density at radius 3 is 3.00 bits per heavy atom. The molecule has 1 aromatic carbocycles. The number of thiocarbonyl (C=S) groups is 1. The van der Waals surface area contributed by atoms with Gasteiger partial charge in [0.25, 0.3) is 0 Å². The van der Waals surface area contributed by atoms with Gasteiger partial charge in [-0.25, -0.2) is 4.39 Å². The zero-order chi connectivity index (χ0) is 13.7. The summed E-state index contributed by atoms with van der Waals surface area (Å²) in [6.45, 7) is 5.22. The molecule has 0 unspecified atom stereocenters. The van der Waals surface area contributed by atoms with Gasteiger partial charge in [-0.1, -0.05) is 19.1 Å². The van der Waals surface area contributed by atoms with Crippen molar-refractivity contribution < 1.29 is 4.39 Å². The topological polar surface area (TPSA) is 27.3 Å². The fourth-order valence-electron chi connectivity index (χ4n) is 2.48. The minimum absolute atomic E-state index is 0.289.